The second kappa shape index (κ2) is 6.95. The summed E-state index contributed by atoms with van der Waals surface area (Å²) in [6, 6.07) is 5.74. The molecule has 1 fully saturated rings. The van der Waals surface area contributed by atoms with Crippen LogP contribution in [0, 0.1) is 0 Å². The van der Waals surface area contributed by atoms with Gasteiger partial charge in [0.1, 0.15) is 0 Å². The third-order valence-electron chi connectivity index (χ3n) is 3.96. The van der Waals surface area contributed by atoms with E-state index in [4.69, 9.17) is 21.7 Å². The Morgan fingerprint density at radius 1 is 1.14 bits per heavy atom. The molecule has 0 spiro atoms. The van der Waals surface area contributed by atoms with Crippen molar-refractivity contribution >= 4 is 23.0 Å². The van der Waals surface area contributed by atoms with E-state index in [0.29, 0.717) is 11.9 Å². The van der Waals surface area contributed by atoms with Gasteiger partial charge in [0, 0.05) is 11.8 Å². The highest BCUT2D eigenvalue weighted by Crippen LogP contribution is 2.34. The Hall–Kier alpha value is -1.53. The first-order valence-electron chi connectivity index (χ1n) is 7.59. The Kier molecular flexibility index (Phi) is 4.77. The lowest BCUT2D eigenvalue weighted by atomic mass is 10.1. The van der Waals surface area contributed by atoms with Crippen LogP contribution in [0.3, 0.4) is 0 Å². The van der Waals surface area contributed by atoms with Crippen molar-refractivity contribution in [3.05, 3.63) is 18.2 Å². The van der Waals surface area contributed by atoms with Gasteiger partial charge >= 0.3 is 0 Å². The number of anilines is 1. The summed E-state index contributed by atoms with van der Waals surface area (Å²) in [4.78, 5) is 1.68. The molecule has 21 heavy (non-hydrogen) atoms. The van der Waals surface area contributed by atoms with Crippen molar-refractivity contribution in [1.82, 2.24) is 5.32 Å². The molecule has 2 heterocycles. The van der Waals surface area contributed by atoms with Crippen molar-refractivity contribution in [1.29, 1.82) is 0 Å². The number of benzene rings is 1. The molecule has 2 aliphatic rings. The summed E-state index contributed by atoms with van der Waals surface area (Å²) in [5.41, 5.74) is 0.919. The largest absolute Gasteiger partial charge is 0.454 e. The maximum atomic E-state index is 5.35. The number of nitrogens with one attached hydrogen (secondary N) is 3. The van der Waals surface area contributed by atoms with Crippen molar-refractivity contribution in [2.24, 2.45) is 0 Å². The lowest BCUT2D eigenvalue weighted by Gasteiger charge is -2.23. The molecule has 0 aromatic heterocycles. The van der Waals surface area contributed by atoms with Gasteiger partial charge in [-0.25, -0.2) is 0 Å². The second-order valence-electron chi connectivity index (χ2n) is 5.51. The van der Waals surface area contributed by atoms with Gasteiger partial charge in [0.05, 0.1) is 26.2 Å². The quantitative estimate of drug-likeness (QED) is 0.717. The molecular weight excluding hydrogens is 286 g/mol. The lowest BCUT2D eigenvalue weighted by Crippen LogP contribution is -3.13. The van der Waals surface area contributed by atoms with Crippen molar-refractivity contribution in [2.45, 2.75) is 19.3 Å². The van der Waals surface area contributed by atoms with Gasteiger partial charge in [0.2, 0.25) is 6.79 Å². The molecule has 1 saturated heterocycles. The van der Waals surface area contributed by atoms with Crippen molar-refractivity contribution < 1.29 is 14.4 Å². The summed E-state index contributed by atoms with van der Waals surface area (Å²) in [6.07, 6.45) is 4.10. The highest BCUT2D eigenvalue weighted by atomic mass is 32.1. The Morgan fingerprint density at radius 2 is 1.95 bits per heavy atom. The predicted octanol–water partition coefficient (Wildman–Crippen LogP) is 0.770. The molecular formula is C15H22N3O2S+. The van der Waals surface area contributed by atoms with E-state index in [1.807, 2.05) is 18.2 Å². The van der Waals surface area contributed by atoms with Gasteiger partial charge in [-0.15, -0.1) is 0 Å². The molecule has 2 aliphatic heterocycles. The number of hydrogen-bond donors (Lipinski definition) is 3. The van der Waals surface area contributed by atoms with E-state index >= 15 is 0 Å². The molecule has 0 atom stereocenters. The molecule has 5 nitrogen and oxygen atoms in total. The van der Waals surface area contributed by atoms with Gasteiger partial charge in [-0.1, -0.05) is 0 Å². The summed E-state index contributed by atoms with van der Waals surface area (Å²) in [5, 5.41) is 7.12. The molecule has 3 N–H and O–H groups in total. The van der Waals surface area contributed by atoms with Crippen LogP contribution in [0.4, 0.5) is 5.69 Å². The minimum atomic E-state index is 0.292. The van der Waals surface area contributed by atoms with E-state index in [9.17, 15) is 0 Å². The number of fused-ring (bicyclic) bond motifs is 1. The van der Waals surface area contributed by atoms with Gasteiger partial charge in [0.15, 0.2) is 16.6 Å². The number of quaternary nitrogens is 1. The minimum absolute atomic E-state index is 0.292. The average Bonchev–Trinajstić information content (AvgIpc) is 2.96. The number of ether oxygens (including phenoxy) is 2. The fourth-order valence-electron chi connectivity index (χ4n) is 2.80. The molecule has 0 saturated carbocycles. The third-order valence-corrected chi connectivity index (χ3v) is 4.20. The maximum Gasteiger partial charge on any atom is 0.231 e. The summed E-state index contributed by atoms with van der Waals surface area (Å²) < 4.78 is 10.6. The van der Waals surface area contributed by atoms with Crippen LogP contribution in [0.2, 0.25) is 0 Å². The Morgan fingerprint density at radius 3 is 2.81 bits per heavy atom. The number of likely N-dealkylation sites (tertiary alicyclic amines) is 1. The summed E-state index contributed by atoms with van der Waals surface area (Å²) in [6.45, 7) is 4.92. The monoisotopic (exact) mass is 308 g/mol. The molecule has 1 aromatic rings. The fraction of sp³-hybridized carbons (Fsp3) is 0.533. The number of piperidine rings is 1. The molecule has 0 radical (unpaired) electrons. The summed E-state index contributed by atoms with van der Waals surface area (Å²) in [7, 11) is 0. The molecule has 3 rings (SSSR count). The van der Waals surface area contributed by atoms with Crippen molar-refractivity contribution in [2.75, 3.05) is 38.3 Å². The Balaban J connectivity index is 1.41. The molecule has 114 valence electrons. The van der Waals surface area contributed by atoms with Crippen LogP contribution >= 0.6 is 12.2 Å². The van der Waals surface area contributed by atoms with Crippen molar-refractivity contribution in [3.8, 4) is 11.5 Å². The highest BCUT2D eigenvalue weighted by molar-refractivity contribution is 7.80. The first kappa shape index (κ1) is 14.4. The maximum absolute atomic E-state index is 5.35. The van der Waals surface area contributed by atoms with Crippen LogP contribution in [-0.2, 0) is 0 Å². The Bertz CT molecular complexity index is 504. The van der Waals surface area contributed by atoms with Gasteiger partial charge in [-0.05, 0) is 43.6 Å². The topological polar surface area (TPSA) is 47.0 Å². The van der Waals surface area contributed by atoms with E-state index < -0.39 is 0 Å². The van der Waals surface area contributed by atoms with Crippen LogP contribution in [-0.4, -0.2) is 38.1 Å². The third kappa shape index (κ3) is 3.98. The second-order valence-corrected chi connectivity index (χ2v) is 5.92. The van der Waals surface area contributed by atoms with Crippen LogP contribution in [0.25, 0.3) is 0 Å². The molecule has 0 bridgehead atoms. The lowest BCUT2D eigenvalue weighted by molar-refractivity contribution is -0.903. The first-order chi connectivity index (χ1) is 10.3. The van der Waals surface area contributed by atoms with Crippen LogP contribution in [0.1, 0.15) is 19.3 Å². The average molecular weight is 308 g/mol. The van der Waals surface area contributed by atoms with Gasteiger partial charge in [-0.3, -0.25) is 0 Å². The first-order valence-corrected chi connectivity index (χ1v) is 8.00. The zero-order valence-electron chi connectivity index (χ0n) is 12.1. The molecule has 0 amide bonds. The van der Waals surface area contributed by atoms with E-state index in [0.717, 1.165) is 30.3 Å². The standard InChI is InChI=1S/C15H21N3O2S/c21-15(16-6-9-18-7-2-1-3-8-18)17-12-4-5-13-14(10-12)20-11-19-13/h4-5,10H,1-3,6-9,11H2,(H2,16,17,21)/p+1. The molecule has 6 heteroatoms. The molecule has 0 aliphatic carbocycles. The summed E-state index contributed by atoms with van der Waals surface area (Å²) in [5.74, 6) is 1.55. The Labute approximate surface area is 130 Å². The van der Waals surface area contributed by atoms with E-state index in [-0.39, 0.29) is 0 Å². The van der Waals surface area contributed by atoms with Crippen LogP contribution in [0.15, 0.2) is 18.2 Å². The fourth-order valence-corrected chi connectivity index (χ4v) is 3.02. The highest BCUT2D eigenvalue weighted by Gasteiger charge is 2.14. The minimum Gasteiger partial charge on any atom is -0.454 e. The van der Waals surface area contributed by atoms with E-state index in [1.54, 1.807) is 4.90 Å². The van der Waals surface area contributed by atoms with Gasteiger partial charge in [-0.2, -0.15) is 0 Å². The van der Waals surface area contributed by atoms with Gasteiger partial charge in [0.25, 0.3) is 0 Å². The van der Waals surface area contributed by atoms with Crippen LogP contribution < -0.4 is 25.0 Å². The van der Waals surface area contributed by atoms with Crippen molar-refractivity contribution in [3.63, 3.8) is 0 Å². The number of thiocarbonyl (C=S) groups is 1. The summed E-state index contributed by atoms with van der Waals surface area (Å²) >= 11 is 5.33. The van der Waals surface area contributed by atoms with E-state index in [2.05, 4.69) is 10.6 Å². The zero-order valence-corrected chi connectivity index (χ0v) is 12.9. The smallest absolute Gasteiger partial charge is 0.231 e. The zero-order chi connectivity index (χ0) is 14.5. The number of hydrogen-bond acceptors (Lipinski definition) is 3. The SMILES string of the molecule is S=C(NCC[NH+]1CCCCC1)Nc1ccc2c(c1)OCO2. The van der Waals surface area contributed by atoms with E-state index in [1.165, 1.54) is 32.4 Å². The van der Waals surface area contributed by atoms with Gasteiger partial charge < -0.3 is 25.0 Å². The number of rotatable bonds is 4. The predicted molar refractivity (Wildman–Crippen MR) is 86.2 cm³/mol. The molecule has 1 aromatic carbocycles. The van der Waals surface area contributed by atoms with Crippen LogP contribution in [0.5, 0.6) is 11.5 Å². The normalized spacial score (nSPS) is 17.5. The molecule has 0 unspecified atom stereocenters.